The summed E-state index contributed by atoms with van der Waals surface area (Å²) >= 11 is 0. The van der Waals surface area contributed by atoms with E-state index in [1.54, 1.807) is 34.3 Å². The highest BCUT2D eigenvalue weighted by molar-refractivity contribution is 6.38. The van der Waals surface area contributed by atoms with E-state index in [-0.39, 0.29) is 18.0 Å². The fourth-order valence-electron chi connectivity index (χ4n) is 4.62. The second-order valence-corrected chi connectivity index (χ2v) is 8.25. The smallest absolute Gasteiger partial charge is 0.194 e. The van der Waals surface area contributed by atoms with Crippen LogP contribution in [0.5, 0.6) is 11.5 Å². The van der Waals surface area contributed by atoms with Crippen molar-refractivity contribution in [3.8, 4) is 11.5 Å². The van der Waals surface area contributed by atoms with Gasteiger partial charge in [0.2, 0.25) is 0 Å². The van der Waals surface area contributed by atoms with E-state index in [1.165, 1.54) is 6.92 Å². The third-order valence-corrected chi connectivity index (χ3v) is 6.02. The van der Waals surface area contributed by atoms with Gasteiger partial charge in [-0.2, -0.15) is 0 Å². The Labute approximate surface area is 187 Å². The van der Waals surface area contributed by atoms with Crippen LogP contribution in [0.3, 0.4) is 0 Å². The zero-order valence-electron chi connectivity index (χ0n) is 19.0. The normalized spacial score (nSPS) is 23.3. The lowest BCUT2D eigenvalue weighted by atomic mass is 9.88. The van der Waals surface area contributed by atoms with Gasteiger partial charge in [0.1, 0.15) is 28.7 Å². The Morgan fingerprint density at radius 2 is 1.81 bits per heavy atom. The van der Waals surface area contributed by atoms with E-state index in [0.29, 0.717) is 35.0 Å². The van der Waals surface area contributed by atoms with Gasteiger partial charge in [0.05, 0.1) is 25.5 Å². The fraction of sp³-hybridized carbons (Fsp3) is 0.320. The molecule has 4 rings (SSSR count). The van der Waals surface area contributed by atoms with E-state index in [1.807, 2.05) is 41.3 Å². The predicted molar refractivity (Wildman–Crippen MR) is 125 cm³/mol. The molecular formula is C25H27N3O4. The number of benzene rings is 2. The van der Waals surface area contributed by atoms with Crippen LogP contribution in [-0.4, -0.2) is 44.2 Å². The van der Waals surface area contributed by atoms with Crippen LogP contribution in [0.2, 0.25) is 0 Å². The second kappa shape index (κ2) is 8.15. The molecule has 0 bridgehead atoms. The lowest BCUT2D eigenvalue weighted by Gasteiger charge is -2.34. The van der Waals surface area contributed by atoms with Crippen molar-refractivity contribution in [2.45, 2.75) is 32.2 Å². The van der Waals surface area contributed by atoms with Crippen LogP contribution in [0.4, 0.5) is 11.4 Å². The number of nitrogens with zero attached hydrogens (tertiary/aromatic N) is 2. The van der Waals surface area contributed by atoms with E-state index in [2.05, 4.69) is 10.3 Å². The standard InChI is InChI=1S/C25H27N3O4/c1-15(29)14-25(2)23(30)22(21-10-16-8-6-7-9-20(16)27-21)24(26-3)28(25)17-11-18(31-4)13-19(12-17)32-5/h6-9,11-13,27H,10,14H2,1-5H3. The number of nitrogens with one attached hydrogen (secondary N) is 1. The minimum atomic E-state index is -1.13. The van der Waals surface area contributed by atoms with Crippen LogP contribution in [0.25, 0.3) is 0 Å². The summed E-state index contributed by atoms with van der Waals surface area (Å²) in [7, 11) is 4.81. The van der Waals surface area contributed by atoms with Gasteiger partial charge in [0.15, 0.2) is 5.78 Å². The third-order valence-electron chi connectivity index (χ3n) is 6.02. The van der Waals surface area contributed by atoms with Gasteiger partial charge in [-0.3, -0.25) is 14.6 Å². The number of amidine groups is 1. The van der Waals surface area contributed by atoms with Crippen molar-refractivity contribution in [2.75, 3.05) is 31.5 Å². The number of para-hydroxylation sites is 1. The Balaban J connectivity index is 1.92. The van der Waals surface area contributed by atoms with Crippen LogP contribution < -0.4 is 19.7 Å². The lowest BCUT2D eigenvalue weighted by Crippen LogP contribution is -2.48. The maximum atomic E-state index is 13.9. The first kappa shape index (κ1) is 21.6. The van der Waals surface area contributed by atoms with Crippen molar-refractivity contribution in [3.05, 3.63) is 59.3 Å². The van der Waals surface area contributed by atoms with Gasteiger partial charge in [-0.15, -0.1) is 0 Å². The number of fused-ring (bicyclic) bond motifs is 1. The molecule has 2 aliphatic heterocycles. The highest BCUT2D eigenvalue weighted by Crippen LogP contribution is 2.43. The van der Waals surface area contributed by atoms with E-state index >= 15 is 0 Å². The van der Waals surface area contributed by atoms with Crippen molar-refractivity contribution >= 4 is 28.8 Å². The Hall–Kier alpha value is -3.61. The van der Waals surface area contributed by atoms with Crippen molar-refractivity contribution in [2.24, 2.45) is 4.99 Å². The van der Waals surface area contributed by atoms with E-state index in [9.17, 15) is 9.59 Å². The van der Waals surface area contributed by atoms with Crippen LogP contribution in [0.15, 0.2) is 58.7 Å². The molecule has 0 saturated carbocycles. The summed E-state index contributed by atoms with van der Waals surface area (Å²) in [6.45, 7) is 3.30. The monoisotopic (exact) mass is 433 g/mol. The van der Waals surface area contributed by atoms with E-state index < -0.39 is 5.54 Å². The summed E-state index contributed by atoms with van der Waals surface area (Å²) in [4.78, 5) is 32.6. The molecule has 0 aromatic heterocycles. The number of ether oxygens (including phenoxy) is 2. The molecule has 2 heterocycles. The summed E-state index contributed by atoms with van der Waals surface area (Å²) in [6, 6.07) is 13.4. The average molecular weight is 434 g/mol. The predicted octanol–water partition coefficient (Wildman–Crippen LogP) is 3.78. The molecular weight excluding hydrogens is 406 g/mol. The fourth-order valence-corrected chi connectivity index (χ4v) is 4.62. The highest BCUT2D eigenvalue weighted by Gasteiger charge is 2.53. The quantitative estimate of drug-likeness (QED) is 0.723. The molecule has 1 saturated heterocycles. The Kier molecular flexibility index (Phi) is 5.50. The number of rotatable bonds is 5. The van der Waals surface area contributed by atoms with E-state index in [0.717, 1.165) is 16.9 Å². The van der Waals surface area contributed by atoms with Gasteiger partial charge < -0.3 is 19.7 Å². The maximum absolute atomic E-state index is 13.9. The molecule has 2 aromatic carbocycles. The van der Waals surface area contributed by atoms with Gasteiger partial charge in [0.25, 0.3) is 0 Å². The molecule has 166 valence electrons. The molecule has 32 heavy (non-hydrogen) atoms. The second-order valence-electron chi connectivity index (χ2n) is 8.25. The van der Waals surface area contributed by atoms with Crippen LogP contribution in [0.1, 0.15) is 25.8 Å². The highest BCUT2D eigenvalue weighted by atomic mass is 16.5. The van der Waals surface area contributed by atoms with Gasteiger partial charge in [-0.1, -0.05) is 18.2 Å². The van der Waals surface area contributed by atoms with E-state index in [4.69, 9.17) is 9.47 Å². The molecule has 0 amide bonds. The zero-order chi connectivity index (χ0) is 23.0. The molecule has 7 heteroatoms. The number of methoxy groups -OCH3 is 2. The Morgan fingerprint density at radius 1 is 1.16 bits per heavy atom. The van der Waals surface area contributed by atoms with Gasteiger partial charge in [-0.25, -0.2) is 0 Å². The molecule has 1 fully saturated rings. The van der Waals surface area contributed by atoms with Crippen LogP contribution >= 0.6 is 0 Å². The summed E-state index contributed by atoms with van der Waals surface area (Å²) < 4.78 is 10.9. The van der Waals surface area contributed by atoms with Crippen LogP contribution in [-0.2, 0) is 16.0 Å². The number of Topliss-reactive ketones (excluding diaryl/α,β-unsaturated/α-hetero) is 2. The minimum absolute atomic E-state index is 0.0497. The largest absolute Gasteiger partial charge is 0.497 e. The number of anilines is 2. The third kappa shape index (κ3) is 3.43. The summed E-state index contributed by atoms with van der Waals surface area (Å²) in [6.07, 6.45) is 0.649. The summed E-state index contributed by atoms with van der Waals surface area (Å²) in [5, 5.41) is 3.40. The van der Waals surface area contributed by atoms with Gasteiger partial charge in [-0.05, 0) is 25.5 Å². The molecule has 0 radical (unpaired) electrons. The van der Waals surface area contributed by atoms with Crippen LogP contribution in [0, 0.1) is 0 Å². The molecule has 1 N–H and O–H groups in total. The lowest BCUT2D eigenvalue weighted by molar-refractivity contribution is -0.124. The number of hydrogen-bond acceptors (Lipinski definition) is 6. The first-order chi connectivity index (χ1) is 15.3. The first-order valence-corrected chi connectivity index (χ1v) is 10.4. The van der Waals surface area contributed by atoms with Gasteiger partial charge >= 0.3 is 0 Å². The number of carbonyl (C=O) groups is 2. The number of aliphatic imine (C=N–C) groups is 1. The molecule has 1 atom stereocenters. The minimum Gasteiger partial charge on any atom is -0.497 e. The first-order valence-electron chi connectivity index (χ1n) is 10.4. The van der Waals surface area contributed by atoms with Crippen molar-refractivity contribution < 1.29 is 19.1 Å². The summed E-state index contributed by atoms with van der Waals surface area (Å²) in [5.41, 5.74) is 2.95. The SMILES string of the molecule is CN=C1C(=C2Cc3ccccc3N2)C(=O)C(C)(CC(C)=O)N1c1cc(OC)cc(OC)c1. The number of allylic oxidation sites excluding steroid dienone is 1. The Bertz CT molecular complexity index is 1120. The molecule has 2 aromatic rings. The number of carbonyl (C=O) groups excluding carboxylic acids is 2. The maximum Gasteiger partial charge on any atom is 0.194 e. The number of ketones is 2. The van der Waals surface area contributed by atoms with Crippen molar-refractivity contribution in [1.29, 1.82) is 0 Å². The molecule has 0 aliphatic carbocycles. The summed E-state index contributed by atoms with van der Waals surface area (Å²) in [5.74, 6) is 1.47. The van der Waals surface area contributed by atoms with Crippen molar-refractivity contribution in [3.63, 3.8) is 0 Å². The average Bonchev–Trinajstić information content (AvgIpc) is 3.29. The molecule has 0 spiro atoms. The molecule has 1 unspecified atom stereocenters. The zero-order valence-corrected chi connectivity index (χ0v) is 19.0. The topological polar surface area (TPSA) is 80.2 Å². The number of hydrogen-bond donors (Lipinski definition) is 1. The van der Waals surface area contributed by atoms with Gasteiger partial charge in [0, 0.05) is 49.5 Å². The Morgan fingerprint density at radius 3 is 2.38 bits per heavy atom. The molecule has 2 aliphatic rings. The molecule has 7 nitrogen and oxygen atoms in total. The van der Waals surface area contributed by atoms with Crippen molar-refractivity contribution in [1.82, 2.24) is 0 Å².